The predicted octanol–water partition coefficient (Wildman–Crippen LogP) is -1.55. The minimum Gasteiger partial charge on any atom is -0.443 e. The molecule has 0 aliphatic carbocycles. The second-order valence-corrected chi connectivity index (χ2v) is 3.22. The molecular formula is C5H9O6P. The lowest BCUT2D eigenvalue weighted by Crippen LogP contribution is -2.17. The first kappa shape index (κ1) is 11.4. The molecule has 0 spiro atoms. The van der Waals surface area contributed by atoms with Crippen molar-refractivity contribution in [1.82, 2.24) is 0 Å². The van der Waals surface area contributed by atoms with E-state index in [2.05, 4.69) is 4.74 Å². The Morgan fingerprint density at radius 3 is 2.50 bits per heavy atom. The van der Waals surface area contributed by atoms with Crippen LogP contribution < -0.4 is 0 Å². The number of rotatable bonds is 3. The standard InChI is InChI=1S/C5H9O6P/c6-3-5(7)4-11-1-2-12(8,9)10/h5-7H,3-4H2,(H2,8,9,10). The highest BCUT2D eigenvalue weighted by atomic mass is 31.2. The van der Waals surface area contributed by atoms with Crippen molar-refractivity contribution in [2.24, 2.45) is 0 Å². The van der Waals surface area contributed by atoms with Gasteiger partial charge >= 0.3 is 7.60 Å². The van der Waals surface area contributed by atoms with Gasteiger partial charge in [-0.15, -0.1) is 0 Å². The monoisotopic (exact) mass is 196 g/mol. The van der Waals surface area contributed by atoms with Gasteiger partial charge in [0.15, 0.2) is 0 Å². The first-order chi connectivity index (χ1) is 5.45. The molecule has 0 saturated heterocycles. The first-order valence-corrected chi connectivity index (χ1v) is 4.55. The van der Waals surface area contributed by atoms with E-state index in [0.717, 1.165) is 0 Å². The molecule has 6 nitrogen and oxygen atoms in total. The molecule has 0 bridgehead atoms. The molecule has 0 fully saturated rings. The topological polar surface area (TPSA) is 107 Å². The molecule has 1 unspecified atom stereocenters. The number of aliphatic hydroxyl groups is 2. The van der Waals surface area contributed by atoms with Crippen molar-refractivity contribution >= 4 is 7.60 Å². The molecule has 0 aliphatic rings. The molecule has 4 N–H and O–H groups in total. The average Bonchev–Trinajstić information content (AvgIpc) is 1.96. The van der Waals surface area contributed by atoms with E-state index < -0.39 is 20.3 Å². The van der Waals surface area contributed by atoms with Gasteiger partial charge < -0.3 is 24.7 Å². The van der Waals surface area contributed by atoms with Gasteiger partial charge in [-0.3, -0.25) is 0 Å². The lowest BCUT2D eigenvalue weighted by atomic mass is 10.4. The van der Waals surface area contributed by atoms with Crippen molar-refractivity contribution in [3.8, 4) is 11.8 Å². The van der Waals surface area contributed by atoms with E-state index >= 15 is 0 Å². The Balaban J connectivity index is 3.67. The summed E-state index contributed by atoms with van der Waals surface area (Å²) < 4.78 is 14.4. The maximum Gasteiger partial charge on any atom is 0.403 e. The third-order valence-corrected chi connectivity index (χ3v) is 1.13. The first-order valence-electron chi connectivity index (χ1n) is 2.94. The zero-order valence-electron chi connectivity index (χ0n) is 6.04. The number of hydrogen-bond acceptors (Lipinski definition) is 4. The Morgan fingerprint density at radius 2 is 2.08 bits per heavy atom. The minimum absolute atomic E-state index is 0.288. The fraction of sp³-hybridized carbons (Fsp3) is 0.600. The van der Waals surface area contributed by atoms with E-state index in [1.165, 1.54) is 5.66 Å². The minimum atomic E-state index is -4.36. The maximum atomic E-state index is 10.1. The summed E-state index contributed by atoms with van der Waals surface area (Å²) in [6.07, 6.45) is 0.619. The van der Waals surface area contributed by atoms with E-state index in [0.29, 0.717) is 0 Å². The van der Waals surface area contributed by atoms with Gasteiger partial charge in [0.05, 0.1) is 12.3 Å². The van der Waals surface area contributed by atoms with Crippen LogP contribution in [0.3, 0.4) is 0 Å². The molecule has 0 aliphatic heterocycles. The van der Waals surface area contributed by atoms with E-state index in [-0.39, 0.29) is 6.61 Å². The fourth-order valence-electron chi connectivity index (χ4n) is 0.282. The van der Waals surface area contributed by atoms with E-state index in [1.54, 1.807) is 6.11 Å². The van der Waals surface area contributed by atoms with Crippen LogP contribution in [0.1, 0.15) is 0 Å². The summed E-state index contributed by atoms with van der Waals surface area (Å²) in [5, 5.41) is 16.9. The quantitative estimate of drug-likeness (QED) is 0.321. The third-order valence-electron chi connectivity index (χ3n) is 0.750. The predicted molar refractivity (Wildman–Crippen MR) is 38.9 cm³/mol. The lowest BCUT2D eigenvalue weighted by Gasteiger charge is -2.02. The smallest absolute Gasteiger partial charge is 0.403 e. The van der Waals surface area contributed by atoms with Crippen LogP contribution in [0.2, 0.25) is 0 Å². The number of aliphatic hydroxyl groups excluding tert-OH is 2. The van der Waals surface area contributed by atoms with Crippen LogP contribution in [0.5, 0.6) is 0 Å². The second-order valence-electron chi connectivity index (χ2n) is 1.91. The van der Waals surface area contributed by atoms with Crippen LogP contribution in [0.15, 0.2) is 0 Å². The Morgan fingerprint density at radius 1 is 1.50 bits per heavy atom. The Hall–Kier alpha value is -0.570. The largest absolute Gasteiger partial charge is 0.443 e. The number of hydrogen-bond donors (Lipinski definition) is 4. The van der Waals surface area contributed by atoms with Crippen LogP contribution in [-0.2, 0) is 9.30 Å². The summed E-state index contributed by atoms with van der Waals surface area (Å²) in [6.45, 7) is -0.777. The molecule has 0 amide bonds. The fourth-order valence-corrected chi connectivity index (χ4v) is 0.466. The number of ether oxygens (including phenoxy) is 1. The van der Waals surface area contributed by atoms with Crippen molar-refractivity contribution in [3.05, 3.63) is 0 Å². The van der Waals surface area contributed by atoms with Crippen molar-refractivity contribution in [2.75, 3.05) is 13.2 Å². The van der Waals surface area contributed by atoms with Gasteiger partial charge in [-0.1, -0.05) is 0 Å². The second kappa shape index (κ2) is 5.14. The molecule has 70 valence electrons. The molecule has 1 atom stereocenters. The summed E-state index contributed by atoms with van der Waals surface area (Å²) >= 11 is 0. The molecular weight excluding hydrogens is 187 g/mol. The van der Waals surface area contributed by atoms with Crippen LogP contribution in [0.4, 0.5) is 0 Å². The van der Waals surface area contributed by atoms with Gasteiger partial charge in [0, 0.05) is 0 Å². The van der Waals surface area contributed by atoms with Gasteiger partial charge in [0.25, 0.3) is 0 Å². The molecule has 7 heteroatoms. The highest BCUT2D eigenvalue weighted by Crippen LogP contribution is 2.31. The molecule has 0 saturated carbocycles. The van der Waals surface area contributed by atoms with E-state index in [4.69, 9.17) is 20.0 Å². The third kappa shape index (κ3) is 7.54. The maximum absolute atomic E-state index is 10.1. The van der Waals surface area contributed by atoms with Crippen molar-refractivity contribution in [2.45, 2.75) is 6.10 Å². The van der Waals surface area contributed by atoms with Gasteiger partial charge in [-0.25, -0.2) is 4.57 Å². The van der Waals surface area contributed by atoms with Crippen LogP contribution in [0.25, 0.3) is 0 Å². The van der Waals surface area contributed by atoms with E-state index in [1.807, 2.05) is 0 Å². The summed E-state index contributed by atoms with van der Waals surface area (Å²) in [6, 6.07) is 0. The molecule has 0 radical (unpaired) electrons. The summed E-state index contributed by atoms with van der Waals surface area (Å²) in [7, 11) is -4.36. The normalized spacial score (nSPS) is 13.0. The Kier molecular flexibility index (Phi) is 4.90. The molecule has 0 rings (SSSR count). The van der Waals surface area contributed by atoms with Crippen molar-refractivity contribution < 1.29 is 29.3 Å². The van der Waals surface area contributed by atoms with Gasteiger partial charge in [0.2, 0.25) is 0 Å². The molecule has 0 aromatic carbocycles. The van der Waals surface area contributed by atoms with Crippen LogP contribution in [-0.4, -0.2) is 39.3 Å². The molecule has 0 heterocycles. The summed E-state index contributed by atoms with van der Waals surface area (Å²) in [5.41, 5.74) is 1.50. The Labute approximate surface area is 69.0 Å². The van der Waals surface area contributed by atoms with Crippen molar-refractivity contribution in [1.29, 1.82) is 0 Å². The summed E-state index contributed by atoms with van der Waals surface area (Å²) in [5.74, 6) is 0. The van der Waals surface area contributed by atoms with Gasteiger partial charge in [-0.05, 0) is 0 Å². The van der Waals surface area contributed by atoms with Crippen LogP contribution in [0, 0.1) is 11.8 Å². The highest BCUT2D eigenvalue weighted by Gasteiger charge is 2.06. The van der Waals surface area contributed by atoms with Crippen LogP contribution >= 0.6 is 7.60 Å². The SMILES string of the molecule is O=P(O)(O)C#COCC(O)CO. The lowest BCUT2D eigenvalue weighted by molar-refractivity contribution is 0.0442. The average molecular weight is 196 g/mol. The van der Waals surface area contributed by atoms with Crippen molar-refractivity contribution in [3.63, 3.8) is 0 Å². The molecule has 0 aromatic heterocycles. The zero-order valence-corrected chi connectivity index (χ0v) is 6.94. The van der Waals surface area contributed by atoms with Gasteiger partial charge in [-0.2, -0.15) is 0 Å². The summed E-state index contributed by atoms with van der Waals surface area (Å²) in [4.78, 5) is 16.4. The van der Waals surface area contributed by atoms with Gasteiger partial charge in [0.1, 0.15) is 18.8 Å². The van der Waals surface area contributed by atoms with E-state index in [9.17, 15) is 4.57 Å². The Bertz CT molecular complexity index is 222. The highest BCUT2D eigenvalue weighted by molar-refractivity contribution is 7.57. The zero-order chi connectivity index (χ0) is 9.61. The molecule has 0 aromatic rings. The molecule has 12 heavy (non-hydrogen) atoms.